The van der Waals surface area contributed by atoms with Crippen molar-refractivity contribution in [3.05, 3.63) is 35.9 Å². The molecule has 1 saturated carbocycles. The maximum absolute atomic E-state index is 10.1. The molecule has 23 heavy (non-hydrogen) atoms. The molecule has 0 amide bonds. The number of hydrogen-bond donors (Lipinski definition) is 2. The first-order chi connectivity index (χ1) is 11.1. The smallest absolute Gasteiger partial charge is 0.0791 e. The summed E-state index contributed by atoms with van der Waals surface area (Å²) in [6.45, 7) is 4.95. The molecule has 2 fully saturated rings. The molecule has 0 spiro atoms. The lowest BCUT2D eigenvalue weighted by molar-refractivity contribution is 0.128. The molecule has 1 heterocycles. The van der Waals surface area contributed by atoms with E-state index in [-0.39, 0.29) is 6.10 Å². The van der Waals surface area contributed by atoms with Gasteiger partial charge in [-0.15, -0.1) is 0 Å². The zero-order chi connectivity index (χ0) is 16.2. The van der Waals surface area contributed by atoms with Crippen molar-refractivity contribution >= 4 is 0 Å². The van der Waals surface area contributed by atoms with E-state index in [9.17, 15) is 5.11 Å². The molecule has 1 saturated heterocycles. The highest BCUT2D eigenvalue weighted by molar-refractivity contribution is 5.15. The Hall–Kier alpha value is -0.940. The van der Waals surface area contributed by atoms with Crippen LogP contribution in [0.1, 0.15) is 18.4 Å². The highest BCUT2D eigenvalue weighted by Crippen LogP contribution is 2.38. The Bertz CT molecular complexity index is 479. The average Bonchev–Trinajstić information content (AvgIpc) is 3.06. The third-order valence-electron chi connectivity index (χ3n) is 5.37. The first-order valence-corrected chi connectivity index (χ1v) is 8.94. The number of aliphatic hydroxyl groups is 1. The number of rotatable bonds is 7. The van der Waals surface area contributed by atoms with Crippen molar-refractivity contribution in [3.8, 4) is 0 Å². The standard InChI is InChI=1S/C19H31N3O/c1-21(2)13-17(23)10-20-19-9-8-16-12-22(14-18(16)19)11-15-6-4-3-5-7-15/h3-7,16-20,23H,8-14H2,1-2H3. The van der Waals surface area contributed by atoms with Gasteiger partial charge in [0.1, 0.15) is 0 Å². The van der Waals surface area contributed by atoms with Gasteiger partial charge in [0.05, 0.1) is 6.10 Å². The fourth-order valence-corrected chi connectivity index (χ4v) is 4.36. The molecule has 1 aromatic rings. The van der Waals surface area contributed by atoms with E-state index in [1.807, 2.05) is 19.0 Å². The number of nitrogens with zero attached hydrogens (tertiary/aromatic N) is 2. The van der Waals surface area contributed by atoms with Crippen LogP contribution in [-0.4, -0.2) is 67.3 Å². The second-order valence-electron chi connectivity index (χ2n) is 7.61. The Kier molecular flexibility index (Phi) is 5.70. The molecule has 0 bridgehead atoms. The molecule has 2 N–H and O–H groups in total. The lowest BCUT2D eigenvalue weighted by atomic mass is 9.98. The second kappa shape index (κ2) is 7.75. The van der Waals surface area contributed by atoms with Crippen molar-refractivity contribution in [1.29, 1.82) is 0 Å². The number of fused-ring (bicyclic) bond motifs is 1. The van der Waals surface area contributed by atoms with Crippen LogP contribution in [0.25, 0.3) is 0 Å². The molecule has 0 aromatic heterocycles. The van der Waals surface area contributed by atoms with Gasteiger partial charge in [0.15, 0.2) is 0 Å². The highest BCUT2D eigenvalue weighted by Gasteiger charge is 2.42. The largest absolute Gasteiger partial charge is 0.390 e. The quantitative estimate of drug-likeness (QED) is 0.798. The minimum atomic E-state index is -0.272. The molecule has 128 valence electrons. The van der Waals surface area contributed by atoms with Gasteiger partial charge < -0.3 is 15.3 Å². The number of aliphatic hydroxyl groups excluding tert-OH is 1. The Morgan fingerprint density at radius 3 is 2.74 bits per heavy atom. The number of hydrogen-bond acceptors (Lipinski definition) is 4. The molecule has 0 radical (unpaired) electrons. The normalized spacial score (nSPS) is 29.1. The van der Waals surface area contributed by atoms with Crippen LogP contribution >= 0.6 is 0 Å². The predicted molar refractivity (Wildman–Crippen MR) is 94.3 cm³/mol. The Labute approximate surface area is 140 Å². The third kappa shape index (κ3) is 4.54. The fourth-order valence-electron chi connectivity index (χ4n) is 4.36. The first kappa shape index (κ1) is 16.9. The van der Waals surface area contributed by atoms with Gasteiger partial charge in [-0.05, 0) is 44.3 Å². The fraction of sp³-hybridized carbons (Fsp3) is 0.684. The van der Waals surface area contributed by atoms with Crippen molar-refractivity contribution in [2.45, 2.75) is 31.5 Å². The molecule has 1 aliphatic carbocycles. The molecule has 4 nitrogen and oxygen atoms in total. The van der Waals surface area contributed by atoms with Crippen LogP contribution in [-0.2, 0) is 6.54 Å². The summed E-state index contributed by atoms with van der Waals surface area (Å²) in [5.41, 5.74) is 1.42. The van der Waals surface area contributed by atoms with Crippen LogP contribution in [0.5, 0.6) is 0 Å². The Morgan fingerprint density at radius 2 is 2.00 bits per heavy atom. The van der Waals surface area contributed by atoms with E-state index in [1.165, 1.54) is 31.5 Å². The summed E-state index contributed by atoms with van der Waals surface area (Å²) in [5, 5.41) is 13.7. The molecular weight excluding hydrogens is 286 g/mol. The summed E-state index contributed by atoms with van der Waals surface area (Å²) in [5.74, 6) is 1.59. The predicted octanol–water partition coefficient (Wildman–Crippen LogP) is 1.41. The minimum Gasteiger partial charge on any atom is -0.390 e. The van der Waals surface area contributed by atoms with Crippen molar-refractivity contribution in [2.75, 3.05) is 40.3 Å². The maximum atomic E-state index is 10.1. The molecule has 1 aliphatic heterocycles. The van der Waals surface area contributed by atoms with Crippen molar-refractivity contribution in [1.82, 2.24) is 15.1 Å². The minimum absolute atomic E-state index is 0.272. The lowest BCUT2D eigenvalue weighted by Gasteiger charge is -2.24. The van der Waals surface area contributed by atoms with Crippen molar-refractivity contribution < 1.29 is 5.11 Å². The lowest BCUT2D eigenvalue weighted by Crippen LogP contribution is -2.42. The summed E-state index contributed by atoms with van der Waals surface area (Å²) in [4.78, 5) is 4.65. The van der Waals surface area contributed by atoms with Crippen LogP contribution in [0.15, 0.2) is 30.3 Å². The van der Waals surface area contributed by atoms with E-state index < -0.39 is 0 Å². The maximum Gasteiger partial charge on any atom is 0.0791 e. The summed E-state index contributed by atoms with van der Waals surface area (Å²) in [7, 11) is 4.01. The zero-order valence-corrected chi connectivity index (χ0v) is 14.5. The van der Waals surface area contributed by atoms with Crippen LogP contribution in [0, 0.1) is 11.8 Å². The van der Waals surface area contributed by atoms with Gasteiger partial charge >= 0.3 is 0 Å². The molecule has 4 atom stereocenters. The van der Waals surface area contributed by atoms with E-state index in [1.54, 1.807) is 0 Å². The Morgan fingerprint density at radius 1 is 1.22 bits per heavy atom. The summed E-state index contributed by atoms with van der Waals surface area (Å²) in [6.07, 6.45) is 2.33. The van der Waals surface area contributed by atoms with E-state index in [0.717, 1.165) is 24.9 Å². The van der Waals surface area contributed by atoms with Crippen LogP contribution in [0.4, 0.5) is 0 Å². The topological polar surface area (TPSA) is 38.7 Å². The zero-order valence-electron chi connectivity index (χ0n) is 14.5. The summed E-state index contributed by atoms with van der Waals surface area (Å²) in [6, 6.07) is 11.4. The van der Waals surface area contributed by atoms with E-state index >= 15 is 0 Å². The van der Waals surface area contributed by atoms with Gasteiger partial charge in [-0.2, -0.15) is 0 Å². The summed E-state index contributed by atoms with van der Waals surface area (Å²) < 4.78 is 0. The monoisotopic (exact) mass is 317 g/mol. The van der Waals surface area contributed by atoms with E-state index in [2.05, 4.69) is 40.5 Å². The number of nitrogens with one attached hydrogen (secondary N) is 1. The van der Waals surface area contributed by atoms with Gasteiger partial charge in [0, 0.05) is 38.8 Å². The Balaban J connectivity index is 1.47. The second-order valence-corrected chi connectivity index (χ2v) is 7.61. The molecule has 2 aliphatic rings. The summed E-state index contributed by atoms with van der Waals surface area (Å²) >= 11 is 0. The average molecular weight is 317 g/mol. The van der Waals surface area contributed by atoms with Crippen molar-refractivity contribution in [3.63, 3.8) is 0 Å². The van der Waals surface area contributed by atoms with E-state index in [0.29, 0.717) is 12.6 Å². The molecule has 3 rings (SSSR count). The van der Waals surface area contributed by atoms with Gasteiger partial charge in [-0.3, -0.25) is 4.90 Å². The van der Waals surface area contributed by atoms with Gasteiger partial charge in [0.25, 0.3) is 0 Å². The van der Waals surface area contributed by atoms with Crippen molar-refractivity contribution in [2.24, 2.45) is 11.8 Å². The third-order valence-corrected chi connectivity index (χ3v) is 5.37. The molecule has 1 aromatic carbocycles. The SMILES string of the molecule is CN(C)CC(O)CNC1CCC2CN(Cc3ccccc3)CC21. The number of likely N-dealkylation sites (tertiary alicyclic amines) is 1. The van der Waals surface area contributed by atoms with Gasteiger partial charge in [0.2, 0.25) is 0 Å². The van der Waals surface area contributed by atoms with Crippen LogP contribution in [0.2, 0.25) is 0 Å². The van der Waals surface area contributed by atoms with Crippen LogP contribution < -0.4 is 5.32 Å². The van der Waals surface area contributed by atoms with E-state index in [4.69, 9.17) is 0 Å². The molecule has 4 unspecified atom stereocenters. The first-order valence-electron chi connectivity index (χ1n) is 8.94. The van der Waals surface area contributed by atoms with Gasteiger partial charge in [-0.25, -0.2) is 0 Å². The highest BCUT2D eigenvalue weighted by atomic mass is 16.3. The molecular formula is C19H31N3O. The van der Waals surface area contributed by atoms with Crippen LogP contribution in [0.3, 0.4) is 0 Å². The molecule has 4 heteroatoms. The van der Waals surface area contributed by atoms with Gasteiger partial charge in [-0.1, -0.05) is 30.3 Å². The number of benzene rings is 1. The number of likely N-dealkylation sites (N-methyl/N-ethyl adjacent to an activating group) is 1.